The summed E-state index contributed by atoms with van der Waals surface area (Å²) in [5, 5.41) is 2.01. The number of nitrogens with zero attached hydrogens (tertiary/aromatic N) is 6. The quantitative estimate of drug-likeness (QED) is 0.0297. The van der Waals surface area contributed by atoms with Crippen LogP contribution in [0.25, 0.3) is 65.9 Å². The van der Waals surface area contributed by atoms with Gasteiger partial charge in [-0.3, -0.25) is 19.4 Å². The van der Waals surface area contributed by atoms with Crippen LogP contribution in [0, 0.1) is 11.8 Å². The van der Waals surface area contributed by atoms with Gasteiger partial charge in [-0.2, -0.15) is 17.5 Å². The van der Waals surface area contributed by atoms with E-state index in [0.29, 0.717) is 43.4 Å². The number of carbonyl (C=O) groups is 2. The van der Waals surface area contributed by atoms with Gasteiger partial charge >= 0.3 is 0 Å². The second kappa shape index (κ2) is 25.3. The van der Waals surface area contributed by atoms with Crippen molar-refractivity contribution in [1.29, 1.82) is 0 Å². The number of aromatic nitrogens is 4. The van der Waals surface area contributed by atoms with Crippen LogP contribution in [0.5, 0.6) is 0 Å². The van der Waals surface area contributed by atoms with Crippen molar-refractivity contribution in [3.05, 3.63) is 55.0 Å². The number of rotatable bonds is 26. The van der Waals surface area contributed by atoms with Gasteiger partial charge in [0.15, 0.2) is 0 Å². The van der Waals surface area contributed by atoms with E-state index in [2.05, 4.69) is 64.1 Å². The molecule has 8 nitrogen and oxygen atoms in total. The predicted molar refractivity (Wildman–Crippen MR) is 315 cm³/mol. The molecule has 2 saturated heterocycles. The molecule has 16 heteroatoms. The Labute approximate surface area is 450 Å². The maximum Gasteiger partial charge on any atom is 0.266 e. The van der Waals surface area contributed by atoms with Gasteiger partial charge in [-0.15, -0.1) is 22.7 Å². The van der Waals surface area contributed by atoms with E-state index in [4.69, 9.17) is 41.9 Å². The fraction of sp³-hybridized carbons (Fsp3) is 0.519. The van der Waals surface area contributed by atoms with Crippen molar-refractivity contribution in [1.82, 2.24) is 27.3 Å². The Hall–Kier alpha value is -2.96. The van der Waals surface area contributed by atoms with Crippen molar-refractivity contribution in [2.75, 3.05) is 13.1 Å². The Balaban J connectivity index is 1.23. The first-order valence-electron chi connectivity index (χ1n) is 25.7. The molecule has 2 amide bonds. The lowest BCUT2D eigenvalue weighted by Crippen LogP contribution is -2.27. The van der Waals surface area contributed by atoms with Crippen LogP contribution in [0.1, 0.15) is 165 Å². The first kappa shape index (κ1) is 53.3. The highest BCUT2D eigenvalue weighted by atomic mass is 32.2. The van der Waals surface area contributed by atoms with Crippen LogP contribution in [0.4, 0.5) is 0 Å². The largest absolute Gasteiger partial charge is 0.293 e. The molecule has 372 valence electrons. The van der Waals surface area contributed by atoms with Gasteiger partial charge in [0.05, 0.1) is 33.3 Å². The van der Waals surface area contributed by atoms with Crippen molar-refractivity contribution in [3.8, 4) is 20.9 Å². The van der Waals surface area contributed by atoms with E-state index in [9.17, 15) is 9.59 Å². The van der Waals surface area contributed by atoms with Crippen LogP contribution in [0.2, 0.25) is 0 Å². The van der Waals surface area contributed by atoms with Crippen molar-refractivity contribution in [2.24, 2.45) is 11.8 Å². The topological polar surface area (TPSA) is 92.2 Å². The van der Waals surface area contributed by atoms with E-state index in [1.165, 1.54) is 161 Å². The van der Waals surface area contributed by atoms with Gasteiger partial charge in [-0.05, 0) is 86.1 Å². The van der Waals surface area contributed by atoms with E-state index in [1.54, 1.807) is 32.5 Å². The third-order valence-electron chi connectivity index (χ3n) is 13.9. The second-order valence-corrected chi connectivity index (χ2v) is 25.4. The zero-order valence-electron chi connectivity index (χ0n) is 41.5. The summed E-state index contributed by atoms with van der Waals surface area (Å²) in [5.41, 5.74) is 8.08. The molecule has 70 heavy (non-hydrogen) atoms. The van der Waals surface area contributed by atoms with Crippen LogP contribution in [0.15, 0.2) is 34.1 Å². The smallest absolute Gasteiger partial charge is 0.266 e. The molecule has 4 aromatic heterocycles. The molecule has 2 fully saturated rings. The highest BCUT2D eigenvalue weighted by Gasteiger charge is 2.33. The van der Waals surface area contributed by atoms with E-state index < -0.39 is 0 Å². The zero-order valence-corrected chi connectivity index (χ0v) is 48.1. The molecular weight excluding hydrogens is 1020 g/mol. The van der Waals surface area contributed by atoms with Crippen LogP contribution in [0.3, 0.4) is 0 Å². The Morgan fingerprint density at radius 1 is 0.514 bits per heavy atom. The first-order valence-corrected chi connectivity index (χ1v) is 31.3. The number of hydrogen-bond donors (Lipinski definition) is 0. The normalized spacial score (nSPS) is 16.6. The molecule has 0 radical (unpaired) electrons. The number of likely N-dealkylation sites (N-methyl/N-ethyl adjacent to an activating group) is 2. The molecule has 2 aliphatic heterocycles. The summed E-state index contributed by atoms with van der Waals surface area (Å²) < 4.78 is 21.3. The highest BCUT2D eigenvalue weighted by molar-refractivity contribution is 8.27. The van der Waals surface area contributed by atoms with Gasteiger partial charge in [-0.1, -0.05) is 178 Å². The van der Waals surface area contributed by atoms with Crippen LogP contribution < -0.4 is 0 Å². The SMILES string of the molecule is CCCCCCC(CCCC)Cc1cc(-c2cc3c(cc(-c4cc(CC(CCCC)CCCCCC)c(/C=C5\SC(=S)N(CC)C5=O)s4)c4nsnc43)c3nsnc23)sc1/C=C1\SC(=S)N(CC)C1=O. The lowest BCUT2D eigenvalue weighted by Gasteiger charge is -2.17. The lowest BCUT2D eigenvalue weighted by atomic mass is 9.89. The number of benzene rings is 2. The lowest BCUT2D eigenvalue weighted by molar-refractivity contribution is -0.122. The van der Waals surface area contributed by atoms with Crippen molar-refractivity contribution >= 4 is 160 Å². The van der Waals surface area contributed by atoms with E-state index in [1.807, 2.05) is 13.8 Å². The van der Waals surface area contributed by atoms with Gasteiger partial charge in [0, 0.05) is 54.5 Å². The number of thioether (sulfide) groups is 2. The van der Waals surface area contributed by atoms with Crippen LogP contribution in [-0.2, 0) is 22.4 Å². The maximum atomic E-state index is 13.6. The number of fused-ring (bicyclic) bond motifs is 5. The van der Waals surface area contributed by atoms with Gasteiger partial charge in [0.25, 0.3) is 11.8 Å². The highest BCUT2D eigenvalue weighted by Crippen LogP contribution is 2.47. The Bertz CT molecular complexity index is 2710. The summed E-state index contributed by atoms with van der Waals surface area (Å²) in [6.45, 7) is 14.2. The zero-order chi connectivity index (χ0) is 49.3. The molecular formula is C54H66N6O2S8. The molecule has 8 rings (SSSR count). The predicted octanol–water partition coefficient (Wildman–Crippen LogP) is 17.4. The van der Waals surface area contributed by atoms with E-state index in [-0.39, 0.29) is 11.8 Å². The molecule has 6 aromatic rings. The van der Waals surface area contributed by atoms with Crippen LogP contribution in [-0.4, -0.2) is 60.8 Å². The van der Waals surface area contributed by atoms with Gasteiger partial charge < -0.3 is 0 Å². The first-order chi connectivity index (χ1) is 34.1. The number of amides is 2. The van der Waals surface area contributed by atoms with Crippen molar-refractivity contribution < 1.29 is 9.59 Å². The molecule has 2 unspecified atom stereocenters. The molecule has 6 heterocycles. The number of hydrogen-bond acceptors (Lipinski definition) is 14. The summed E-state index contributed by atoms with van der Waals surface area (Å²) in [6, 6.07) is 9.26. The van der Waals surface area contributed by atoms with Gasteiger partial charge in [0.1, 0.15) is 30.7 Å². The molecule has 2 aromatic carbocycles. The second-order valence-electron chi connectivity index (χ2n) is 18.8. The van der Waals surface area contributed by atoms with Gasteiger partial charge in [-0.25, -0.2) is 0 Å². The molecule has 0 saturated carbocycles. The van der Waals surface area contributed by atoms with E-state index >= 15 is 0 Å². The Morgan fingerprint density at radius 3 is 1.27 bits per heavy atom. The minimum Gasteiger partial charge on any atom is -0.293 e. The fourth-order valence-electron chi connectivity index (χ4n) is 9.95. The summed E-state index contributed by atoms with van der Waals surface area (Å²) in [4.78, 5) is 36.5. The molecule has 0 bridgehead atoms. The third-order valence-corrected chi connectivity index (χ3v) is 20.0. The fourth-order valence-corrected chi connectivity index (χ4v) is 16.3. The summed E-state index contributed by atoms with van der Waals surface area (Å²) >= 11 is 20.1. The number of thiophene rings is 2. The molecule has 2 aliphatic rings. The molecule has 0 aliphatic carbocycles. The monoisotopic (exact) mass is 1090 g/mol. The average molecular weight is 1090 g/mol. The number of thiocarbonyl (C=S) groups is 2. The average Bonchev–Trinajstić information content (AvgIpc) is 4.23. The number of unbranched alkanes of at least 4 members (excludes halogenated alkanes) is 8. The van der Waals surface area contributed by atoms with Crippen LogP contribution >= 0.6 is 94.1 Å². The summed E-state index contributed by atoms with van der Waals surface area (Å²) in [5.74, 6) is 1.11. The standard InChI is InChI=1S/C54H66N6O2S8/c1-7-13-17-19-23-33(21-15-9-3)25-35-27-43(65-41(35)31-45-51(61)59(11-5)53(63)67-45)39-29-37-38(47-49(39)57-69-55-47)30-40(50-48(37)56-70-58-50)44-28-36(26-34(22-16-10-4)24-20-18-14-8-2)42(66-44)32-46-52(62)60(12-6)54(64)68-46/h27-34H,7-26H2,1-6H3/b45-31-,46-32-. The summed E-state index contributed by atoms with van der Waals surface area (Å²) in [7, 11) is 0. The minimum atomic E-state index is -0.00924. The Kier molecular flexibility index (Phi) is 19.3. The molecule has 0 N–H and O–H groups in total. The summed E-state index contributed by atoms with van der Waals surface area (Å²) in [6.07, 6.45) is 25.8. The molecule has 0 spiro atoms. The molecule has 2 atom stereocenters. The van der Waals surface area contributed by atoms with Crippen molar-refractivity contribution in [2.45, 2.75) is 157 Å². The number of carbonyl (C=O) groups excluding carboxylic acids is 2. The third kappa shape index (κ3) is 12.0. The van der Waals surface area contributed by atoms with Gasteiger partial charge in [0.2, 0.25) is 0 Å². The maximum absolute atomic E-state index is 13.6. The Morgan fingerprint density at radius 2 is 0.900 bits per heavy atom. The van der Waals surface area contributed by atoms with E-state index in [0.717, 1.165) is 76.3 Å². The minimum absolute atomic E-state index is 0.00924. The van der Waals surface area contributed by atoms with Crippen molar-refractivity contribution in [3.63, 3.8) is 0 Å².